The molecule has 138 valence electrons. The summed E-state index contributed by atoms with van der Waals surface area (Å²) in [6, 6.07) is 11.6. The van der Waals surface area contributed by atoms with Gasteiger partial charge in [0.25, 0.3) is 0 Å². The molecule has 2 N–H and O–H groups in total. The summed E-state index contributed by atoms with van der Waals surface area (Å²) in [4.78, 5) is 37.5. The van der Waals surface area contributed by atoms with Crippen LogP contribution in [0.25, 0.3) is 0 Å². The highest BCUT2D eigenvalue weighted by molar-refractivity contribution is 7.14. The third-order valence-electron chi connectivity index (χ3n) is 3.71. The van der Waals surface area contributed by atoms with Gasteiger partial charge in [0.1, 0.15) is 0 Å². The van der Waals surface area contributed by atoms with Crippen LogP contribution in [0.1, 0.15) is 25.9 Å². The van der Waals surface area contributed by atoms with Crippen molar-refractivity contribution < 1.29 is 18.8 Å². The normalized spacial score (nSPS) is 10.4. The molecular weight excluding hydrogens is 388 g/mol. The Hall–Kier alpha value is -2.90. The average Bonchev–Trinajstić information content (AvgIpc) is 3.34. The van der Waals surface area contributed by atoms with E-state index in [0.717, 1.165) is 10.4 Å². The summed E-state index contributed by atoms with van der Waals surface area (Å²) in [7, 11) is 0. The molecule has 27 heavy (non-hydrogen) atoms. The van der Waals surface area contributed by atoms with E-state index in [2.05, 4.69) is 10.6 Å². The van der Waals surface area contributed by atoms with Crippen molar-refractivity contribution in [2.45, 2.75) is 13.5 Å². The Kier molecular flexibility index (Phi) is 5.73. The zero-order valence-corrected chi connectivity index (χ0v) is 15.8. The van der Waals surface area contributed by atoms with Crippen LogP contribution in [0.3, 0.4) is 0 Å². The molecule has 0 aliphatic carbocycles. The number of furan rings is 1. The van der Waals surface area contributed by atoms with Crippen LogP contribution < -0.4 is 10.6 Å². The van der Waals surface area contributed by atoms with E-state index in [9.17, 15) is 14.4 Å². The SMILES string of the molecule is Cc1ccc(Cl)cc1NC(=O)C(=O)NCc1ccc(C(=O)c2ccco2)s1. The topological polar surface area (TPSA) is 88.4 Å². The summed E-state index contributed by atoms with van der Waals surface area (Å²) in [6.45, 7) is 1.93. The van der Waals surface area contributed by atoms with E-state index in [4.69, 9.17) is 16.0 Å². The number of nitrogens with one attached hydrogen (secondary N) is 2. The first-order chi connectivity index (χ1) is 12.9. The molecule has 2 aromatic heterocycles. The van der Waals surface area contributed by atoms with Gasteiger partial charge in [0, 0.05) is 15.6 Å². The molecule has 0 spiro atoms. The van der Waals surface area contributed by atoms with Crippen LogP contribution in [0, 0.1) is 6.92 Å². The molecule has 0 saturated carbocycles. The quantitative estimate of drug-likeness (QED) is 0.502. The maximum atomic E-state index is 12.2. The maximum absolute atomic E-state index is 12.2. The first-order valence-corrected chi connectivity index (χ1v) is 9.16. The van der Waals surface area contributed by atoms with Gasteiger partial charge >= 0.3 is 11.8 Å². The van der Waals surface area contributed by atoms with Gasteiger partial charge in [-0.2, -0.15) is 0 Å². The minimum Gasteiger partial charge on any atom is -0.461 e. The number of aryl methyl sites for hydroxylation is 1. The number of thiophene rings is 1. The van der Waals surface area contributed by atoms with Gasteiger partial charge in [-0.3, -0.25) is 14.4 Å². The summed E-state index contributed by atoms with van der Waals surface area (Å²) >= 11 is 7.13. The van der Waals surface area contributed by atoms with Crippen LogP contribution >= 0.6 is 22.9 Å². The Balaban J connectivity index is 1.57. The van der Waals surface area contributed by atoms with Crippen LogP contribution in [0.4, 0.5) is 5.69 Å². The molecule has 0 bridgehead atoms. The van der Waals surface area contributed by atoms with Crippen molar-refractivity contribution in [3.8, 4) is 0 Å². The highest BCUT2D eigenvalue weighted by atomic mass is 35.5. The summed E-state index contributed by atoms with van der Waals surface area (Å²) < 4.78 is 5.09. The number of benzene rings is 1. The number of carbonyl (C=O) groups is 3. The van der Waals surface area contributed by atoms with Gasteiger partial charge < -0.3 is 15.1 Å². The van der Waals surface area contributed by atoms with Crippen molar-refractivity contribution in [2.24, 2.45) is 0 Å². The number of halogens is 1. The van der Waals surface area contributed by atoms with E-state index in [1.807, 2.05) is 0 Å². The Labute approximate surface area is 164 Å². The summed E-state index contributed by atoms with van der Waals surface area (Å²) in [5, 5.41) is 5.52. The van der Waals surface area contributed by atoms with Crippen molar-refractivity contribution in [3.63, 3.8) is 0 Å². The average molecular weight is 403 g/mol. The monoisotopic (exact) mass is 402 g/mol. The fourth-order valence-electron chi connectivity index (χ4n) is 2.28. The molecular formula is C19H15ClN2O4S. The summed E-state index contributed by atoms with van der Waals surface area (Å²) in [5.74, 6) is -1.54. The van der Waals surface area contributed by atoms with Crippen molar-refractivity contribution in [1.82, 2.24) is 5.32 Å². The molecule has 3 rings (SSSR count). The van der Waals surface area contributed by atoms with Crippen LogP contribution in [0.5, 0.6) is 0 Å². The van der Waals surface area contributed by atoms with Gasteiger partial charge in [0.05, 0.1) is 17.7 Å². The number of rotatable bonds is 5. The lowest BCUT2D eigenvalue weighted by Gasteiger charge is -2.08. The second kappa shape index (κ2) is 8.20. The van der Waals surface area contributed by atoms with Crippen molar-refractivity contribution >= 4 is 46.2 Å². The first kappa shape index (κ1) is 18.9. The molecule has 0 aliphatic rings. The molecule has 0 radical (unpaired) electrons. The van der Waals surface area contributed by atoms with Crippen molar-refractivity contribution in [1.29, 1.82) is 0 Å². The van der Waals surface area contributed by atoms with Gasteiger partial charge in [-0.25, -0.2) is 0 Å². The van der Waals surface area contributed by atoms with Crippen molar-refractivity contribution in [2.75, 3.05) is 5.32 Å². The highest BCUT2D eigenvalue weighted by Gasteiger charge is 2.17. The molecule has 0 atom stereocenters. The standard InChI is InChI=1S/C19H15ClN2O4S/c1-11-4-5-12(20)9-14(11)22-19(25)18(24)21-10-13-6-7-16(27-13)17(23)15-3-2-8-26-15/h2-9H,10H2,1H3,(H,21,24)(H,22,25). The predicted octanol–water partition coefficient (Wildman–Crippen LogP) is 3.79. The Morgan fingerprint density at radius 3 is 2.67 bits per heavy atom. The van der Waals surface area contributed by atoms with E-state index < -0.39 is 11.8 Å². The van der Waals surface area contributed by atoms with E-state index in [-0.39, 0.29) is 18.1 Å². The van der Waals surface area contributed by atoms with E-state index in [1.165, 1.54) is 17.6 Å². The number of hydrogen-bond acceptors (Lipinski definition) is 5. The van der Waals surface area contributed by atoms with Crippen LogP contribution in [0.2, 0.25) is 5.02 Å². The minimum absolute atomic E-state index is 0.136. The second-order valence-electron chi connectivity index (χ2n) is 5.67. The Morgan fingerprint density at radius 1 is 1.11 bits per heavy atom. The summed E-state index contributed by atoms with van der Waals surface area (Å²) in [5.41, 5.74) is 1.27. The van der Waals surface area contributed by atoms with E-state index >= 15 is 0 Å². The fraction of sp³-hybridized carbons (Fsp3) is 0.105. The minimum atomic E-state index is -0.788. The molecule has 0 saturated heterocycles. The lowest BCUT2D eigenvalue weighted by atomic mass is 10.2. The van der Waals surface area contributed by atoms with Crippen LogP contribution in [-0.2, 0) is 16.1 Å². The second-order valence-corrected chi connectivity index (χ2v) is 7.27. The van der Waals surface area contributed by atoms with Gasteiger partial charge in [-0.15, -0.1) is 11.3 Å². The largest absolute Gasteiger partial charge is 0.461 e. The Morgan fingerprint density at radius 2 is 1.93 bits per heavy atom. The van der Waals surface area contributed by atoms with Crippen LogP contribution in [-0.4, -0.2) is 17.6 Å². The molecule has 2 heterocycles. The van der Waals surface area contributed by atoms with Crippen LogP contribution in [0.15, 0.2) is 53.1 Å². The summed E-state index contributed by atoms with van der Waals surface area (Å²) in [6.07, 6.45) is 1.43. The van der Waals surface area contributed by atoms with Crippen molar-refractivity contribution in [3.05, 3.63) is 74.8 Å². The van der Waals surface area contributed by atoms with E-state index in [0.29, 0.717) is 15.6 Å². The zero-order valence-electron chi connectivity index (χ0n) is 14.2. The number of amides is 2. The third-order valence-corrected chi connectivity index (χ3v) is 5.03. The molecule has 2 amide bonds. The Bertz CT molecular complexity index is 995. The molecule has 0 fully saturated rings. The van der Waals surface area contributed by atoms with Gasteiger partial charge in [0.15, 0.2) is 5.76 Å². The molecule has 1 aromatic carbocycles. The van der Waals surface area contributed by atoms with Gasteiger partial charge in [-0.1, -0.05) is 17.7 Å². The number of anilines is 1. The van der Waals surface area contributed by atoms with E-state index in [1.54, 1.807) is 49.4 Å². The maximum Gasteiger partial charge on any atom is 0.313 e. The highest BCUT2D eigenvalue weighted by Crippen LogP contribution is 2.21. The first-order valence-electron chi connectivity index (χ1n) is 7.96. The molecule has 0 unspecified atom stereocenters. The number of carbonyl (C=O) groups excluding carboxylic acids is 3. The third kappa shape index (κ3) is 4.64. The molecule has 0 aliphatic heterocycles. The molecule has 6 nitrogen and oxygen atoms in total. The smallest absolute Gasteiger partial charge is 0.313 e. The molecule has 8 heteroatoms. The zero-order chi connectivity index (χ0) is 19.4. The number of ketones is 1. The predicted molar refractivity (Wildman–Crippen MR) is 103 cm³/mol. The van der Waals surface area contributed by atoms with Gasteiger partial charge in [-0.05, 0) is 48.9 Å². The molecule has 3 aromatic rings. The lowest BCUT2D eigenvalue weighted by molar-refractivity contribution is -0.136. The number of hydrogen-bond donors (Lipinski definition) is 2. The van der Waals surface area contributed by atoms with Gasteiger partial charge in [0.2, 0.25) is 5.78 Å². The fourth-order valence-corrected chi connectivity index (χ4v) is 3.34. The lowest BCUT2D eigenvalue weighted by Crippen LogP contribution is -2.34.